The van der Waals surface area contributed by atoms with Crippen LogP contribution in [-0.2, 0) is 22.4 Å². The number of aryl methyl sites for hydroxylation is 2. The Labute approximate surface area is 199 Å². The van der Waals surface area contributed by atoms with E-state index in [9.17, 15) is 23.5 Å². The Kier molecular flexibility index (Phi) is 8.01. The smallest absolute Gasteiger partial charge is 0.326 e. The number of hydrogen-bond acceptors (Lipinski definition) is 5. The van der Waals surface area contributed by atoms with Crippen LogP contribution in [0.15, 0.2) is 12.1 Å². The molecule has 9 heteroatoms. The van der Waals surface area contributed by atoms with E-state index in [0.29, 0.717) is 18.9 Å². The fraction of sp³-hybridized carbons (Fsp3) is 0.720. The summed E-state index contributed by atoms with van der Waals surface area (Å²) in [7, 11) is 0. The molecule has 2 fully saturated rings. The van der Waals surface area contributed by atoms with Crippen LogP contribution in [0.5, 0.6) is 0 Å². The second-order valence-corrected chi connectivity index (χ2v) is 10.2. The summed E-state index contributed by atoms with van der Waals surface area (Å²) < 4.78 is 26.7. The van der Waals surface area contributed by atoms with E-state index in [4.69, 9.17) is 4.98 Å². The molecular weight excluding hydrogens is 442 g/mol. The van der Waals surface area contributed by atoms with Crippen molar-refractivity contribution in [1.82, 2.24) is 15.2 Å². The van der Waals surface area contributed by atoms with Gasteiger partial charge in [-0.3, -0.25) is 4.79 Å². The third-order valence-electron chi connectivity index (χ3n) is 7.57. The summed E-state index contributed by atoms with van der Waals surface area (Å²) in [6, 6.07) is 3.33. The van der Waals surface area contributed by atoms with Crippen LogP contribution in [0.1, 0.15) is 62.6 Å². The molecule has 7 nitrogen and oxygen atoms in total. The number of halogens is 2. The number of anilines is 1. The molecule has 1 aromatic heterocycles. The molecule has 34 heavy (non-hydrogen) atoms. The Morgan fingerprint density at radius 1 is 1.26 bits per heavy atom. The molecule has 0 radical (unpaired) electrons. The van der Waals surface area contributed by atoms with Crippen LogP contribution in [0.3, 0.4) is 0 Å². The lowest BCUT2D eigenvalue weighted by Crippen LogP contribution is -2.46. The average Bonchev–Trinajstić information content (AvgIpc) is 3.27. The van der Waals surface area contributed by atoms with E-state index in [-0.39, 0.29) is 25.7 Å². The van der Waals surface area contributed by atoms with Crippen LogP contribution in [0.4, 0.5) is 14.6 Å². The van der Waals surface area contributed by atoms with Crippen LogP contribution in [-0.4, -0.2) is 65.0 Å². The molecule has 0 spiro atoms. The molecule has 3 aliphatic rings. The number of carbonyl (C=O) groups is 2. The van der Waals surface area contributed by atoms with Crippen LogP contribution < -0.4 is 10.6 Å². The van der Waals surface area contributed by atoms with Gasteiger partial charge in [0.15, 0.2) is 0 Å². The Balaban J connectivity index is 1.19. The summed E-state index contributed by atoms with van der Waals surface area (Å²) in [4.78, 5) is 31.2. The van der Waals surface area contributed by atoms with Gasteiger partial charge in [-0.25, -0.2) is 18.6 Å². The fourth-order valence-corrected chi connectivity index (χ4v) is 5.37. The van der Waals surface area contributed by atoms with E-state index < -0.39 is 29.8 Å². The SMILES string of the molecule is O=C(NC(CCN1CC[C@@H](CCc2ccc3c(n2)NCCC3)C1)C(=O)O)C1CCC(F)(F)CC1. The molecule has 4 rings (SSSR count). The zero-order chi connectivity index (χ0) is 24.1. The molecule has 2 aliphatic heterocycles. The summed E-state index contributed by atoms with van der Waals surface area (Å²) in [5, 5.41) is 15.5. The topological polar surface area (TPSA) is 94.6 Å². The van der Waals surface area contributed by atoms with E-state index in [1.807, 2.05) is 0 Å². The van der Waals surface area contributed by atoms with Crippen molar-refractivity contribution >= 4 is 17.7 Å². The molecule has 1 saturated carbocycles. The third kappa shape index (κ3) is 6.64. The van der Waals surface area contributed by atoms with Crippen molar-refractivity contribution < 1.29 is 23.5 Å². The maximum Gasteiger partial charge on any atom is 0.326 e. The van der Waals surface area contributed by atoms with E-state index in [0.717, 1.165) is 63.3 Å². The number of carbonyl (C=O) groups excluding carboxylic acids is 1. The molecule has 0 aromatic carbocycles. The maximum atomic E-state index is 13.3. The second kappa shape index (κ2) is 11.0. The van der Waals surface area contributed by atoms with Crippen molar-refractivity contribution in [2.45, 2.75) is 76.2 Å². The summed E-state index contributed by atoms with van der Waals surface area (Å²) in [6.45, 7) is 3.41. The number of likely N-dealkylation sites (tertiary alicyclic amines) is 1. The molecule has 1 aromatic rings. The first kappa shape index (κ1) is 24.8. The first-order valence-electron chi connectivity index (χ1n) is 12.6. The predicted octanol–water partition coefficient (Wildman–Crippen LogP) is 3.48. The van der Waals surface area contributed by atoms with Crippen molar-refractivity contribution in [2.75, 3.05) is 31.5 Å². The summed E-state index contributed by atoms with van der Waals surface area (Å²) in [5.74, 6) is -3.13. The molecule has 1 unspecified atom stereocenters. The number of carboxylic acids is 1. The molecule has 3 heterocycles. The Morgan fingerprint density at radius 3 is 2.82 bits per heavy atom. The maximum absolute atomic E-state index is 13.3. The monoisotopic (exact) mass is 478 g/mol. The number of fused-ring (bicyclic) bond motifs is 1. The number of hydrogen-bond donors (Lipinski definition) is 3. The number of nitrogens with one attached hydrogen (secondary N) is 2. The number of rotatable bonds is 9. The highest BCUT2D eigenvalue weighted by atomic mass is 19.3. The second-order valence-electron chi connectivity index (χ2n) is 10.2. The molecule has 1 aliphatic carbocycles. The lowest BCUT2D eigenvalue weighted by Gasteiger charge is -2.28. The number of aromatic nitrogens is 1. The van der Waals surface area contributed by atoms with Gasteiger partial charge in [-0.05, 0) is 75.5 Å². The lowest BCUT2D eigenvalue weighted by molar-refractivity contribution is -0.143. The van der Waals surface area contributed by atoms with Gasteiger partial charge in [0.1, 0.15) is 11.9 Å². The summed E-state index contributed by atoms with van der Waals surface area (Å²) in [5.41, 5.74) is 2.41. The third-order valence-corrected chi connectivity index (χ3v) is 7.57. The average molecular weight is 479 g/mol. The highest BCUT2D eigenvalue weighted by Crippen LogP contribution is 2.36. The van der Waals surface area contributed by atoms with Crippen molar-refractivity contribution in [3.63, 3.8) is 0 Å². The van der Waals surface area contributed by atoms with Crippen LogP contribution >= 0.6 is 0 Å². The van der Waals surface area contributed by atoms with Gasteiger partial charge in [0.25, 0.3) is 0 Å². The van der Waals surface area contributed by atoms with Gasteiger partial charge >= 0.3 is 5.97 Å². The van der Waals surface area contributed by atoms with Gasteiger partial charge in [-0.2, -0.15) is 0 Å². The van der Waals surface area contributed by atoms with E-state index in [1.54, 1.807) is 0 Å². The van der Waals surface area contributed by atoms with Gasteiger partial charge in [0, 0.05) is 44.1 Å². The van der Waals surface area contributed by atoms with Crippen LogP contribution in [0.2, 0.25) is 0 Å². The number of alkyl halides is 2. The van der Waals surface area contributed by atoms with E-state index >= 15 is 0 Å². The summed E-state index contributed by atoms with van der Waals surface area (Å²) in [6.07, 6.45) is 5.19. The Hall–Kier alpha value is -2.29. The quantitative estimate of drug-likeness (QED) is 0.503. The highest BCUT2D eigenvalue weighted by Gasteiger charge is 2.38. The number of carboxylic acid groups (broad SMARTS) is 1. The number of aliphatic carboxylic acids is 1. The van der Waals surface area contributed by atoms with Crippen molar-refractivity contribution in [2.24, 2.45) is 11.8 Å². The van der Waals surface area contributed by atoms with Crippen molar-refractivity contribution in [3.05, 3.63) is 23.4 Å². The molecule has 188 valence electrons. The molecule has 2 atom stereocenters. The molecule has 3 N–H and O–H groups in total. The van der Waals surface area contributed by atoms with Crippen LogP contribution in [0.25, 0.3) is 0 Å². The lowest BCUT2D eigenvalue weighted by atomic mass is 9.86. The minimum atomic E-state index is -2.71. The molecule has 0 bridgehead atoms. The molecule has 1 amide bonds. The zero-order valence-electron chi connectivity index (χ0n) is 19.7. The van der Waals surface area contributed by atoms with E-state index in [2.05, 4.69) is 27.7 Å². The minimum Gasteiger partial charge on any atom is -0.480 e. The number of amides is 1. The predicted molar refractivity (Wildman–Crippen MR) is 125 cm³/mol. The Bertz CT molecular complexity index is 872. The van der Waals surface area contributed by atoms with E-state index in [1.165, 1.54) is 5.56 Å². The molecular formula is C25H36F2N4O3. The van der Waals surface area contributed by atoms with Crippen LogP contribution in [0, 0.1) is 11.8 Å². The first-order chi connectivity index (χ1) is 16.3. The molecule has 1 saturated heterocycles. The number of nitrogens with zero attached hydrogens (tertiary/aromatic N) is 2. The highest BCUT2D eigenvalue weighted by molar-refractivity contribution is 5.85. The normalized spacial score (nSPS) is 23.6. The largest absolute Gasteiger partial charge is 0.480 e. The fourth-order valence-electron chi connectivity index (χ4n) is 5.37. The van der Waals surface area contributed by atoms with Gasteiger partial charge in [-0.1, -0.05) is 6.07 Å². The van der Waals surface area contributed by atoms with Crippen molar-refractivity contribution in [3.8, 4) is 0 Å². The minimum absolute atomic E-state index is 0.105. The van der Waals surface area contributed by atoms with Crippen molar-refractivity contribution in [1.29, 1.82) is 0 Å². The Morgan fingerprint density at radius 2 is 2.06 bits per heavy atom. The standard InChI is InChI=1S/C25H36F2N4O3/c26-25(27)11-7-19(8-12-25)23(32)30-21(24(33)34)10-15-31-14-9-17(16-31)3-5-20-6-4-18-2-1-13-28-22(18)29-20/h4,6,17,19,21H,1-3,5,7-16H2,(H,28,29)(H,30,32)(H,33,34)/t17-,21?/m1/s1. The van der Waals surface area contributed by atoms with Gasteiger partial charge < -0.3 is 20.6 Å². The van der Waals surface area contributed by atoms with Gasteiger partial charge in [0.05, 0.1) is 0 Å². The van der Waals surface area contributed by atoms with Gasteiger partial charge in [-0.15, -0.1) is 0 Å². The zero-order valence-corrected chi connectivity index (χ0v) is 19.7. The first-order valence-corrected chi connectivity index (χ1v) is 12.6. The van der Waals surface area contributed by atoms with Gasteiger partial charge in [0.2, 0.25) is 11.8 Å². The summed E-state index contributed by atoms with van der Waals surface area (Å²) >= 11 is 0. The number of pyridine rings is 1.